The van der Waals surface area contributed by atoms with Gasteiger partial charge < -0.3 is 14.8 Å². The fourth-order valence-electron chi connectivity index (χ4n) is 1.34. The molecular weight excluding hydrogens is 232 g/mol. The van der Waals surface area contributed by atoms with Crippen LogP contribution in [0.3, 0.4) is 0 Å². The van der Waals surface area contributed by atoms with Crippen molar-refractivity contribution >= 4 is 11.8 Å². The van der Waals surface area contributed by atoms with Gasteiger partial charge in [0.15, 0.2) is 5.79 Å². The van der Waals surface area contributed by atoms with E-state index in [1.807, 2.05) is 13.8 Å². The highest BCUT2D eigenvalue weighted by atomic mass is 32.2. The first-order chi connectivity index (χ1) is 7.43. The third-order valence-corrected chi connectivity index (χ3v) is 2.70. The van der Waals surface area contributed by atoms with Crippen LogP contribution in [0.25, 0.3) is 0 Å². The van der Waals surface area contributed by atoms with Crippen molar-refractivity contribution in [3.8, 4) is 0 Å². The summed E-state index contributed by atoms with van der Waals surface area (Å²) < 4.78 is 10.9. The number of rotatable bonds is 5. The fourth-order valence-corrected chi connectivity index (χ4v) is 1.76. The van der Waals surface area contributed by atoms with Crippen molar-refractivity contribution in [3.05, 3.63) is 21.3 Å². The van der Waals surface area contributed by atoms with Crippen LogP contribution in [0.1, 0.15) is 13.8 Å². The Hall–Kier alpha value is -0.790. The number of hydrogen-bond donors (Lipinski definition) is 1. The molecule has 1 heterocycles. The molecule has 1 atom stereocenters. The molecule has 0 saturated carbocycles. The molecule has 0 aromatic rings. The highest BCUT2D eigenvalue weighted by molar-refractivity contribution is 8.02. The van der Waals surface area contributed by atoms with E-state index in [0.29, 0.717) is 18.2 Å². The van der Waals surface area contributed by atoms with Gasteiger partial charge in [0.25, 0.3) is 6.20 Å². The van der Waals surface area contributed by atoms with Gasteiger partial charge in [-0.05, 0) is 20.1 Å². The molecule has 16 heavy (non-hydrogen) atoms. The number of nitro groups is 1. The molecule has 7 heteroatoms. The van der Waals surface area contributed by atoms with Gasteiger partial charge in [-0.3, -0.25) is 10.1 Å². The Bertz CT molecular complexity index is 293. The standard InChI is InChI=1S/C9H16N2O4S/c1-9(2)14-6-7(15-9)4-10-8(16-3)5-11(12)13/h5,7,10H,4,6H2,1-3H3/b8-5-. The smallest absolute Gasteiger partial charge is 0.263 e. The second-order valence-electron chi connectivity index (χ2n) is 3.81. The topological polar surface area (TPSA) is 73.6 Å². The number of ether oxygens (including phenoxy) is 2. The molecule has 0 radical (unpaired) electrons. The van der Waals surface area contributed by atoms with Crippen LogP contribution < -0.4 is 5.32 Å². The summed E-state index contributed by atoms with van der Waals surface area (Å²) in [4.78, 5) is 9.81. The molecule has 1 unspecified atom stereocenters. The van der Waals surface area contributed by atoms with Gasteiger partial charge in [-0.15, -0.1) is 11.8 Å². The normalized spacial score (nSPS) is 24.4. The van der Waals surface area contributed by atoms with E-state index in [1.165, 1.54) is 11.8 Å². The predicted molar refractivity (Wildman–Crippen MR) is 61.5 cm³/mol. The maximum Gasteiger partial charge on any atom is 0.263 e. The van der Waals surface area contributed by atoms with Crippen LogP contribution in [-0.4, -0.2) is 36.2 Å². The third kappa shape index (κ3) is 4.38. The fraction of sp³-hybridized carbons (Fsp3) is 0.778. The lowest BCUT2D eigenvalue weighted by molar-refractivity contribution is -0.403. The number of hydrogen-bond acceptors (Lipinski definition) is 6. The Morgan fingerprint density at radius 3 is 2.88 bits per heavy atom. The molecule has 6 nitrogen and oxygen atoms in total. The first-order valence-corrected chi connectivity index (χ1v) is 6.10. The molecule has 1 rings (SSSR count). The zero-order chi connectivity index (χ0) is 12.2. The highest BCUT2D eigenvalue weighted by Crippen LogP contribution is 2.22. The molecule has 1 aliphatic rings. The molecule has 0 bridgehead atoms. The van der Waals surface area contributed by atoms with E-state index in [0.717, 1.165) is 6.20 Å². The third-order valence-electron chi connectivity index (χ3n) is 2.01. The van der Waals surface area contributed by atoms with E-state index in [4.69, 9.17) is 9.47 Å². The summed E-state index contributed by atoms with van der Waals surface area (Å²) in [6.07, 6.45) is 2.65. The summed E-state index contributed by atoms with van der Waals surface area (Å²) in [5.74, 6) is -0.557. The lowest BCUT2D eigenvalue weighted by atomic mass is 10.4. The maximum absolute atomic E-state index is 10.3. The molecule has 1 fully saturated rings. The molecule has 0 amide bonds. The Labute approximate surface area is 98.5 Å². The van der Waals surface area contributed by atoms with Crippen molar-refractivity contribution in [2.45, 2.75) is 25.7 Å². The van der Waals surface area contributed by atoms with Crippen molar-refractivity contribution in [1.82, 2.24) is 5.32 Å². The van der Waals surface area contributed by atoms with E-state index >= 15 is 0 Å². The summed E-state index contributed by atoms with van der Waals surface area (Å²) in [6.45, 7) is 4.69. The zero-order valence-corrected chi connectivity index (χ0v) is 10.4. The molecule has 1 saturated heterocycles. The summed E-state index contributed by atoms with van der Waals surface area (Å²) in [5, 5.41) is 13.8. The van der Waals surface area contributed by atoms with E-state index in [-0.39, 0.29) is 6.10 Å². The van der Waals surface area contributed by atoms with Gasteiger partial charge in [-0.2, -0.15) is 0 Å². The van der Waals surface area contributed by atoms with Gasteiger partial charge in [0, 0.05) is 6.54 Å². The van der Waals surface area contributed by atoms with Gasteiger partial charge >= 0.3 is 0 Å². The Balaban J connectivity index is 2.37. The second kappa shape index (κ2) is 5.51. The van der Waals surface area contributed by atoms with Crippen molar-refractivity contribution in [2.75, 3.05) is 19.4 Å². The first-order valence-electron chi connectivity index (χ1n) is 4.88. The quantitative estimate of drug-likeness (QED) is 0.581. The largest absolute Gasteiger partial charge is 0.372 e. The van der Waals surface area contributed by atoms with E-state index in [1.54, 1.807) is 6.26 Å². The Kier molecular flexibility index (Phi) is 4.57. The average molecular weight is 248 g/mol. The Morgan fingerprint density at radius 1 is 1.75 bits per heavy atom. The van der Waals surface area contributed by atoms with E-state index < -0.39 is 10.7 Å². The molecule has 1 N–H and O–H groups in total. The number of nitrogens with one attached hydrogen (secondary N) is 1. The maximum atomic E-state index is 10.3. The monoisotopic (exact) mass is 248 g/mol. The van der Waals surface area contributed by atoms with Crippen molar-refractivity contribution in [1.29, 1.82) is 0 Å². The van der Waals surface area contributed by atoms with Crippen LogP contribution in [0, 0.1) is 10.1 Å². The summed E-state index contributed by atoms with van der Waals surface area (Å²) in [7, 11) is 0. The molecule has 0 aromatic carbocycles. The van der Waals surface area contributed by atoms with E-state index in [2.05, 4.69) is 5.32 Å². The number of nitrogens with zero attached hydrogens (tertiary/aromatic N) is 1. The highest BCUT2D eigenvalue weighted by Gasteiger charge is 2.32. The van der Waals surface area contributed by atoms with Crippen LogP contribution >= 0.6 is 11.8 Å². The van der Waals surface area contributed by atoms with Gasteiger partial charge in [-0.25, -0.2) is 0 Å². The summed E-state index contributed by atoms with van der Waals surface area (Å²) in [5.41, 5.74) is 0. The average Bonchev–Trinajstić information content (AvgIpc) is 2.52. The van der Waals surface area contributed by atoms with Gasteiger partial charge in [0.1, 0.15) is 11.1 Å². The van der Waals surface area contributed by atoms with Crippen LogP contribution in [0.2, 0.25) is 0 Å². The van der Waals surface area contributed by atoms with Crippen LogP contribution in [-0.2, 0) is 9.47 Å². The lowest BCUT2D eigenvalue weighted by Crippen LogP contribution is -2.29. The molecule has 1 aliphatic heterocycles. The minimum absolute atomic E-state index is 0.0719. The summed E-state index contributed by atoms with van der Waals surface area (Å²) >= 11 is 1.29. The molecule has 0 spiro atoms. The number of thioether (sulfide) groups is 1. The minimum atomic E-state index is -0.557. The second-order valence-corrected chi connectivity index (χ2v) is 4.66. The summed E-state index contributed by atoms with van der Waals surface area (Å²) in [6, 6.07) is 0. The minimum Gasteiger partial charge on any atom is -0.372 e. The van der Waals surface area contributed by atoms with Crippen LogP contribution in [0.5, 0.6) is 0 Å². The Morgan fingerprint density at radius 2 is 2.44 bits per heavy atom. The van der Waals surface area contributed by atoms with Crippen LogP contribution in [0.15, 0.2) is 11.2 Å². The first kappa shape index (κ1) is 13.3. The molecular formula is C9H16N2O4S. The predicted octanol–water partition coefficient (Wildman–Crippen LogP) is 1.17. The van der Waals surface area contributed by atoms with Crippen LogP contribution in [0.4, 0.5) is 0 Å². The van der Waals surface area contributed by atoms with Gasteiger partial charge in [-0.1, -0.05) is 0 Å². The van der Waals surface area contributed by atoms with Crippen molar-refractivity contribution in [2.24, 2.45) is 0 Å². The van der Waals surface area contributed by atoms with Gasteiger partial charge in [0.05, 0.1) is 11.5 Å². The lowest BCUT2D eigenvalue weighted by Gasteiger charge is -2.17. The molecule has 0 aliphatic carbocycles. The van der Waals surface area contributed by atoms with Gasteiger partial charge in [0.2, 0.25) is 0 Å². The molecule has 92 valence electrons. The van der Waals surface area contributed by atoms with E-state index in [9.17, 15) is 10.1 Å². The SMILES string of the molecule is CS/C(=C\[N+](=O)[O-])NCC1COC(C)(C)O1. The van der Waals surface area contributed by atoms with Crippen molar-refractivity contribution < 1.29 is 14.4 Å². The van der Waals surface area contributed by atoms with Crippen molar-refractivity contribution in [3.63, 3.8) is 0 Å². The zero-order valence-electron chi connectivity index (χ0n) is 9.56. The molecule has 0 aromatic heterocycles.